The number of piperazine rings is 1. The minimum absolute atomic E-state index is 0.112. The topological polar surface area (TPSA) is 59.4 Å². The Kier molecular flexibility index (Phi) is 4.53. The molecular weight excluding hydrogens is 192 g/mol. The van der Waals surface area contributed by atoms with Crippen molar-refractivity contribution in [3.05, 3.63) is 0 Å². The van der Waals surface area contributed by atoms with E-state index in [-0.39, 0.29) is 11.9 Å². The summed E-state index contributed by atoms with van der Waals surface area (Å²) in [5.41, 5.74) is 0. The second-order valence-corrected chi connectivity index (χ2v) is 3.85. The molecule has 0 saturated carbocycles. The van der Waals surface area contributed by atoms with Gasteiger partial charge in [0.15, 0.2) is 0 Å². The van der Waals surface area contributed by atoms with Crippen LogP contribution in [0.15, 0.2) is 0 Å². The van der Waals surface area contributed by atoms with E-state index >= 15 is 0 Å². The maximum absolute atomic E-state index is 11.8. The van der Waals surface area contributed by atoms with Crippen LogP contribution in [0.2, 0.25) is 0 Å². The number of hydrogen-bond donors (Lipinski definition) is 1. The molecule has 5 heteroatoms. The van der Waals surface area contributed by atoms with Gasteiger partial charge in [0.25, 0.3) is 0 Å². The highest BCUT2D eigenvalue weighted by Gasteiger charge is 2.19. The van der Waals surface area contributed by atoms with Gasteiger partial charge in [0.05, 0.1) is 18.7 Å². The SMILES string of the molecule is CC(C#N)N(C)CC(=O)N1CCNCC1. The molecule has 0 aromatic rings. The average Bonchev–Trinajstić information content (AvgIpc) is 2.29. The van der Waals surface area contributed by atoms with E-state index < -0.39 is 0 Å². The third-order valence-electron chi connectivity index (χ3n) is 2.70. The number of nitrogens with zero attached hydrogens (tertiary/aromatic N) is 3. The number of nitrogens with one attached hydrogen (secondary N) is 1. The van der Waals surface area contributed by atoms with Gasteiger partial charge in [-0.2, -0.15) is 5.26 Å². The van der Waals surface area contributed by atoms with Crippen molar-refractivity contribution in [3.8, 4) is 6.07 Å². The summed E-state index contributed by atoms with van der Waals surface area (Å²) in [7, 11) is 1.80. The lowest BCUT2D eigenvalue weighted by Crippen LogP contribution is -2.49. The van der Waals surface area contributed by atoms with Gasteiger partial charge in [-0.05, 0) is 14.0 Å². The molecule has 0 spiro atoms. The first-order chi connectivity index (χ1) is 7.15. The molecule has 0 bridgehead atoms. The number of amides is 1. The predicted molar refractivity (Wildman–Crippen MR) is 57.2 cm³/mol. The van der Waals surface area contributed by atoms with E-state index in [2.05, 4.69) is 11.4 Å². The van der Waals surface area contributed by atoms with Crippen LogP contribution in [0.25, 0.3) is 0 Å². The number of likely N-dealkylation sites (N-methyl/N-ethyl adjacent to an activating group) is 1. The van der Waals surface area contributed by atoms with Crippen LogP contribution in [-0.4, -0.2) is 61.5 Å². The van der Waals surface area contributed by atoms with E-state index in [0.29, 0.717) is 6.54 Å². The molecule has 0 aromatic heterocycles. The first-order valence-corrected chi connectivity index (χ1v) is 5.23. The van der Waals surface area contributed by atoms with Crippen molar-refractivity contribution in [1.29, 1.82) is 5.26 Å². The zero-order valence-corrected chi connectivity index (χ0v) is 9.36. The fourth-order valence-corrected chi connectivity index (χ4v) is 1.46. The van der Waals surface area contributed by atoms with E-state index in [1.54, 1.807) is 18.9 Å². The van der Waals surface area contributed by atoms with Gasteiger partial charge in [-0.15, -0.1) is 0 Å². The Hall–Kier alpha value is -1.12. The Balaban J connectivity index is 2.37. The fourth-order valence-electron chi connectivity index (χ4n) is 1.46. The standard InChI is InChI=1S/C10H18N4O/c1-9(7-11)13(2)8-10(15)14-5-3-12-4-6-14/h9,12H,3-6,8H2,1-2H3. The van der Waals surface area contributed by atoms with Gasteiger partial charge in [0, 0.05) is 26.2 Å². The van der Waals surface area contributed by atoms with E-state index in [4.69, 9.17) is 5.26 Å². The summed E-state index contributed by atoms with van der Waals surface area (Å²) in [6, 6.07) is 1.90. The summed E-state index contributed by atoms with van der Waals surface area (Å²) in [6.07, 6.45) is 0. The molecule has 1 rings (SSSR count). The zero-order chi connectivity index (χ0) is 11.3. The average molecular weight is 210 g/mol. The quantitative estimate of drug-likeness (QED) is 0.666. The van der Waals surface area contributed by atoms with Gasteiger partial charge in [-0.3, -0.25) is 9.69 Å². The van der Waals surface area contributed by atoms with Crippen LogP contribution < -0.4 is 5.32 Å². The van der Waals surface area contributed by atoms with E-state index in [1.807, 2.05) is 4.90 Å². The summed E-state index contributed by atoms with van der Waals surface area (Å²) in [5.74, 6) is 0.112. The third-order valence-corrected chi connectivity index (χ3v) is 2.70. The van der Waals surface area contributed by atoms with Crippen molar-refractivity contribution < 1.29 is 4.79 Å². The van der Waals surface area contributed by atoms with Gasteiger partial charge in [0.2, 0.25) is 5.91 Å². The summed E-state index contributed by atoms with van der Waals surface area (Å²) in [4.78, 5) is 15.4. The van der Waals surface area contributed by atoms with Crippen molar-refractivity contribution in [2.75, 3.05) is 39.8 Å². The van der Waals surface area contributed by atoms with Gasteiger partial charge in [0.1, 0.15) is 0 Å². The van der Waals surface area contributed by atoms with Gasteiger partial charge >= 0.3 is 0 Å². The van der Waals surface area contributed by atoms with Crippen molar-refractivity contribution in [1.82, 2.24) is 15.1 Å². The van der Waals surface area contributed by atoms with Crippen LogP contribution in [0.5, 0.6) is 0 Å². The highest BCUT2D eigenvalue weighted by molar-refractivity contribution is 5.78. The van der Waals surface area contributed by atoms with E-state index in [1.165, 1.54) is 0 Å². The fraction of sp³-hybridized carbons (Fsp3) is 0.800. The summed E-state index contributed by atoms with van der Waals surface area (Å²) in [5, 5.41) is 11.9. The van der Waals surface area contributed by atoms with Crippen LogP contribution in [0.3, 0.4) is 0 Å². The molecule has 1 N–H and O–H groups in total. The Morgan fingerprint density at radius 2 is 2.20 bits per heavy atom. The molecule has 0 radical (unpaired) electrons. The Bertz CT molecular complexity index is 255. The molecule has 5 nitrogen and oxygen atoms in total. The monoisotopic (exact) mass is 210 g/mol. The van der Waals surface area contributed by atoms with Gasteiger partial charge < -0.3 is 10.2 Å². The molecule has 1 aliphatic heterocycles. The summed E-state index contributed by atoms with van der Waals surface area (Å²) in [6.45, 7) is 5.40. The molecule has 1 fully saturated rings. The first-order valence-electron chi connectivity index (χ1n) is 5.23. The molecule has 1 saturated heterocycles. The minimum Gasteiger partial charge on any atom is -0.339 e. The van der Waals surface area contributed by atoms with E-state index in [9.17, 15) is 4.79 Å². The Morgan fingerprint density at radius 3 is 2.73 bits per heavy atom. The second-order valence-electron chi connectivity index (χ2n) is 3.85. The van der Waals surface area contributed by atoms with Gasteiger partial charge in [-0.1, -0.05) is 0 Å². The van der Waals surface area contributed by atoms with Crippen LogP contribution in [0.1, 0.15) is 6.92 Å². The highest BCUT2D eigenvalue weighted by atomic mass is 16.2. The lowest BCUT2D eigenvalue weighted by atomic mass is 10.3. The maximum atomic E-state index is 11.8. The van der Waals surface area contributed by atoms with Crippen LogP contribution in [-0.2, 0) is 4.79 Å². The summed E-state index contributed by atoms with van der Waals surface area (Å²) >= 11 is 0. The predicted octanol–water partition coefficient (Wildman–Crippen LogP) is -0.738. The summed E-state index contributed by atoms with van der Waals surface area (Å²) < 4.78 is 0. The molecule has 15 heavy (non-hydrogen) atoms. The van der Waals surface area contributed by atoms with Crippen LogP contribution in [0.4, 0.5) is 0 Å². The molecule has 1 heterocycles. The smallest absolute Gasteiger partial charge is 0.236 e. The molecular formula is C10H18N4O. The van der Waals surface area contributed by atoms with Crippen molar-refractivity contribution in [2.45, 2.75) is 13.0 Å². The molecule has 1 aliphatic rings. The van der Waals surface area contributed by atoms with Crippen molar-refractivity contribution >= 4 is 5.91 Å². The van der Waals surface area contributed by atoms with Crippen LogP contribution in [0, 0.1) is 11.3 Å². The molecule has 0 aliphatic carbocycles. The molecule has 1 unspecified atom stereocenters. The van der Waals surface area contributed by atoms with Crippen molar-refractivity contribution in [3.63, 3.8) is 0 Å². The largest absolute Gasteiger partial charge is 0.339 e. The number of nitriles is 1. The number of hydrogen-bond acceptors (Lipinski definition) is 4. The Morgan fingerprint density at radius 1 is 1.60 bits per heavy atom. The highest BCUT2D eigenvalue weighted by Crippen LogP contribution is 1.98. The lowest BCUT2D eigenvalue weighted by Gasteiger charge is -2.29. The molecule has 0 aromatic carbocycles. The third kappa shape index (κ3) is 3.50. The van der Waals surface area contributed by atoms with E-state index in [0.717, 1.165) is 26.2 Å². The maximum Gasteiger partial charge on any atom is 0.236 e. The number of rotatable bonds is 3. The van der Waals surface area contributed by atoms with Gasteiger partial charge in [-0.25, -0.2) is 0 Å². The molecule has 1 amide bonds. The lowest BCUT2D eigenvalue weighted by molar-refractivity contribution is -0.132. The Labute approximate surface area is 90.6 Å². The van der Waals surface area contributed by atoms with Crippen molar-refractivity contribution in [2.24, 2.45) is 0 Å². The second kappa shape index (κ2) is 5.69. The molecule has 1 atom stereocenters. The number of carbonyl (C=O) groups is 1. The first kappa shape index (κ1) is 12.0. The van der Waals surface area contributed by atoms with Crippen LogP contribution >= 0.6 is 0 Å². The molecule has 84 valence electrons. The normalized spacial score (nSPS) is 18.7. The minimum atomic E-state index is -0.211. The zero-order valence-electron chi connectivity index (χ0n) is 9.36. The number of carbonyl (C=O) groups excluding carboxylic acids is 1.